The minimum Gasteiger partial charge on any atom is -0.340 e. The lowest BCUT2D eigenvalue weighted by Gasteiger charge is -2.38. The molecule has 170 valence electrons. The fourth-order valence-corrected chi connectivity index (χ4v) is 4.50. The maximum atomic E-state index is 13.3. The molecule has 1 aliphatic heterocycles. The van der Waals surface area contributed by atoms with Crippen molar-refractivity contribution in [3.05, 3.63) is 108 Å². The molecule has 1 saturated heterocycles. The molecule has 5 rings (SSSR count). The third kappa shape index (κ3) is 4.20. The van der Waals surface area contributed by atoms with Gasteiger partial charge >= 0.3 is 0 Å². The number of aromatic nitrogens is 1. The molecule has 2 aromatic carbocycles. The van der Waals surface area contributed by atoms with Crippen LogP contribution in [0.1, 0.15) is 40.5 Å². The summed E-state index contributed by atoms with van der Waals surface area (Å²) in [5.74, 6) is -1.38. The molecule has 7 heteroatoms. The predicted octanol–water partition coefficient (Wildman–Crippen LogP) is 3.56. The Morgan fingerprint density at radius 1 is 0.941 bits per heavy atom. The third-order valence-electron chi connectivity index (χ3n) is 6.29. The number of carbonyl (C=O) groups excluding carboxylic acids is 3. The zero-order chi connectivity index (χ0) is 23.5. The van der Waals surface area contributed by atoms with E-state index in [2.05, 4.69) is 15.7 Å². The summed E-state index contributed by atoms with van der Waals surface area (Å²) in [6.45, 7) is 0. The number of hydrogen-bond acceptors (Lipinski definition) is 4. The highest BCUT2D eigenvalue weighted by Crippen LogP contribution is 2.32. The van der Waals surface area contributed by atoms with Crippen LogP contribution < -0.4 is 15.8 Å². The van der Waals surface area contributed by atoms with Crippen LogP contribution in [0.3, 0.4) is 0 Å². The van der Waals surface area contributed by atoms with Gasteiger partial charge in [0, 0.05) is 11.8 Å². The first-order valence-electron chi connectivity index (χ1n) is 11.3. The lowest BCUT2D eigenvalue weighted by molar-refractivity contribution is -0.139. The van der Waals surface area contributed by atoms with Gasteiger partial charge in [0.15, 0.2) is 0 Å². The van der Waals surface area contributed by atoms with Crippen LogP contribution in [-0.4, -0.2) is 22.7 Å². The molecule has 3 aromatic rings. The second-order valence-corrected chi connectivity index (χ2v) is 8.43. The zero-order valence-corrected chi connectivity index (χ0v) is 18.4. The number of nitrogens with one attached hydrogen (secondary N) is 2. The van der Waals surface area contributed by atoms with Gasteiger partial charge in [0.1, 0.15) is 0 Å². The maximum absolute atomic E-state index is 13.3. The molecule has 3 amide bonds. The molecule has 2 heterocycles. The molecular formula is C27H24N4O3. The summed E-state index contributed by atoms with van der Waals surface area (Å²) in [4.78, 5) is 43.4. The number of hydrogen-bond donors (Lipinski definition) is 2. The summed E-state index contributed by atoms with van der Waals surface area (Å²) in [6, 6.07) is 21.5. The van der Waals surface area contributed by atoms with E-state index in [1.807, 2.05) is 60.7 Å². The van der Waals surface area contributed by atoms with E-state index >= 15 is 0 Å². The Morgan fingerprint density at radius 2 is 1.71 bits per heavy atom. The molecule has 1 aliphatic carbocycles. The smallest absolute Gasteiger partial charge is 0.252 e. The second kappa shape index (κ2) is 9.31. The van der Waals surface area contributed by atoms with Gasteiger partial charge in [-0.3, -0.25) is 24.8 Å². The Balaban J connectivity index is 1.40. The second-order valence-electron chi connectivity index (χ2n) is 8.43. The van der Waals surface area contributed by atoms with Crippen LogP contribution in [0.4, 0.5) is 5.69 Å². The Kier molecular flexibility index (Phi) is 5.91. The van der Waals surface area contributed by atoms with Gasteiger partial charge in [-0.15, -0.1) is 0 Å². The van der Waals surface area contributed by atoms with Crippen molar-refractivity contribution in [2.45, 2.75) is 18.9 Å². The highest BCUT2D eigenvalue weighted by atomic mass is 16.2. The molecule has 0 saturated carbocycles. The van der Waals surface area contributed by atoms with Gasteiger partial charge in [-0.2, -0.15) is 0 Å². The summed E-state index contributed by atoms with van der Waals surface area (Å²) in [6.07, 6.45) is 6.68. The van der Waals surface area contributed by atoms with Gasteiger partial charge in [0.2, 0.25) is 11.8 Å². The summed E-state index contributed by atoms with van der Waals surface area (Å²) in [5, 5.41) is 4.33. The van der Waals surface area contributed by atoms with Gasteiger partial charge in [0.05, 0.1) is 29.3 Å². The van der Waals surface area contributed by atoms with Crippen LogP contribution in [0.2, 0.25) is 0 Å². The van der Waals surface area contributed by atoms with Crippen LogP contribution in [0.15, 0.2) is 91.1 Å². The largest absolute Gasteiger partial charge is 0.340 e. The van der Waals surface area contributed by atoms with E-state index in [0.29, 0.717) is 29.8 Å². The van der Waals surface area contributed by atoms with Crippen LogP contribution in [0, 0.1) is 11.8 Å². The van der Waals surface area contributed by atoms with Gasteiger partial charge in [0.25, 0.3) is 5.91 Å². The number of hydrazine groups is 1. The summed E-state index contributed by atoms with van der Waals surface area (Å²) in [7, 11) is 0. The van der Waals surface area contributed by atoms with E-state index < -0.39 is 6.04 Å². The first kappa shape index (κ1) is 21.6. The van der Waals surface area contributed by atoms with E-state index in [9.17, 15) is 14.4 Å². The van der Waals surface area contributed by atoms with Gasteiger partial charge < -0.3 is 5.32 Å². The molecule has 0 radical (unpaired) electrons. The first-order valence-corrected chi connectivity index (χ1v) is 11.3. The highest BCUT2D eigenvalue weighted by Gasteiger charge is 2.42. The van der Waals surface area contributed by atoms with Crippen LogP contribution in [0.25, 0.3) is 0 Å². The van der Waals surface area contributed by atoms with E-state index in [1.165, 1.54) is 5.01 Å². The van der Waals surface area contributed by atoms with E-state index in [-0.39, 0.29) is 29.6 Å². The zero-order valence-electron chi connectivity index (χ0n) is 18.4. The Hall–Kier alpha value is -4.26. The van der Waals surface area contributed by atoms with Gasteiger partial charge in [-0.25, -0.2) is 5.01 Å². The molecule has 3 atom stereocenters. The minimum absolute atomic E-state index is 0.165. The molecule has 0 bridgehead atoms. The van der Waals surface area contributed by atoms with Crippen molar-refractivity contribution in [3.8, 4) is 0 Å². The molecule has 0 spiro atoms. The number of allylic oxidation sites excluding steroid dienone is 2. The SMILES string of the molecule is O=C(NC(c1ccccc1)c1ccccn1)c1cccc(N2NC(=O)C3CC=CCC3C2=O)c1. The van der Waals surface area contributed by atoms with Crippen LogP contribution >= 0.6 is 0 Å². The number of nitrogens with zero attached hydrogens (tertiary/aromatic N) is 2. The molecular weight excluding hydrogens is 428 g/mol. The standard InChI is InChI=1S/C27H24N4O3/c32-25(29-24(18-9-2-1-3-10-18)23-15-6-7-16-28-23)19-11-8-12-20(17-19)31-27(34)22-14-5-4-13-21(22)26(33)30-31/h1-12,15-17,21-22,24H,13-14H2,(H,29,32)(H,30,33). The Labute approximate surface area is 197 Å². The van der Waals surface area contributed by atoms with Gasteiger partial charge in [-0.1, -0.05) is 54.6 Å². The normalized spacial score (nSPS) is 20.3. The van der Waals surface area contributed by atoms with Gasteiger partial charge in [-0.05, 0) is 48.7 Å². The summed E-state index contributed by atoms with van der Waals surface area (Å²) >= 11 is 0. The first-order chi connectivity index (χ1) is 16.6. The molecule has 1 fully saturated rings. The van der Waals surface area contributed by atoms with Crippen molar-refractivity contribution in [3.63, 3.8) is 0 Å². The lowest BCUT2D eigenvalue weighted by Crippen LogP contribution is -2.59. The number of benzene rings is 2. The van der Waals surface area contributed by atoms with Crippen molar-refractivity contribution in [1.82, 2.24) is 15.7 Å². The Morgan fingerprint density at radius 3 is 2.47 bits per heavy atom. The fraction of sp³-hybridized carbons (Fsp3) is 0.185. The monoisotopic (exact) mass is 452 g/mol. The number of rotatable bonds is 5. The quantitative estimate of drug-likeness (QED) is 0.579. The molecule has 3 unspecified atom stereocenters. The number of anilines is 1. The van der Waals surface area contributed by atoms with Crippen LogP contribution in [-0.2, 0) is 9.59 Å². The highest BCUT2D eigenvalue weighted by molar-refractivity contribution is 6.05. The predicted molar refractivity (Wildman–Crippen MR) is 127 cm³/mol. The average Bonchev–Trinajstić information content (AvgIpc) is 2.90. The molecule has 1 aromatic heterocycles. The number of amides is 3. The van der Waals surface area contributed by atoms with Crippen molar-refractivity contribution >= 4 is 23.4 Å². The summed E-state index contributed by atoms with van der Waals surface area (Å²) in [5.41, 5.74) is 5.16. The number of carbonyl (C=O) groups is 3. The number of fused-ring (bicyclic) bond motifs is 1. The van der Waals surface area contributed by atoms with E-state index in [4.69, 9.17) is 0 Å². The fourth-order valence-electron chi connectivity index (χ4n) is 4.50. The van der Waals surface area contributed by atoms with E-state index in [1.54, 1.807) is 30.5 Å². The number of pyridine rings is 1. The Bertz CT molecular complexity index is 1200. The van der Waals surface area contributed by atoms with Crippen LogP contribution in [0.5, 0.6) is 0 Å². The van der Waals surface area contributed by atoms with Crippen molar-refractivity contribution in [1.29, 1.82) is 0 Å². The maximum Gasteiger partial charge on any atom is 0.252 e. The minimum atomic E-state index is -0.440. The molecule has 7 nitrogen and oxygen atoms in total. The van der Waals surface area contributed by atoms with Crippen molar-refractivity contribution in [2.24, 2.45) is 11.8 Å². The third-order valence-corrected chi connectivity index (χ3v) is 6.29. The molecule has 2 aliphatic rings. The molecule has 34 heavy (non-hydrogen) atoms. The van der Waals surface area contributed by atoms with Crippen molar-refractivity contribution in [2.75, 3.05) is 5.01 Å². The topological polar surface area (TPSA) is 91.4 Å². The summed E-state index contributed by atoms with van der Waals surface area (Å²) < 4.78 is 0. The van der Waals surface area contributed by atoms with Crippen molar-refractivity contribution < 1.29 is 14.4 Å². The molecule has 2 N–H and O–H groups in total. The average molecular weight is 453 g/mol. The van der Waals surface area contributed by atoms with E-state index in [0.717, 1.165) is 5.56 Å². The lowest BCUT2D eigenvalue weighted by atomic mass is 9.80.